The van der Waals surface area contributed by atoms with E-state index < -0.39 is 0 Å². The van der Waals surface area contributed by atoms with Crippen molar-refractivity contribution in [2.75, 3.05) is 13.1 Å². The largest absolute Gasteiger partial charge is 0.372 e. The summed E-state index contributed by atoms with van der Waals surface area (Å²) in [7, 11) is 0. The van der Waals surface area contributed by atoms with Crippen LogP contribution in [0.25, 0.3) is 0 Å². The Morgan fingerprint density at radius 1 is 1.39 bits per heavy atom. The van der Waals surface area contributed by atoms with Crippen LogP contribution in [0.1, 0.15) is 18.4 Å². The molecule has 1 amide bonds. The summed E-state index contributed by atoms with van der Waals surface area (Å²) in [5.74, 6) is 0.203. The van der Waals surface area contributed by atoms with E-state index in [2.05, 4.69) is 18.7 Å². The Hall–Kier alpha value is -1.61. The van der Waals surface area contributed by atoms with Gasteiger partial charge in [-0.15, -0.1) is 6.58 Å². The molecule has 0 radical (unpaired) electrons. The highest BCUT2D eigenvalue weighted by Gasteiger charge is 2.25. The zero-order valence-corrected chi connectivity index (χ0v) is 10.5. The van der Waals surface area contributed by atoms with Crippen molar-refractivity contribution in [2.24, 2.45) is 0 Å². The summed E-state index contributed by atoms with van der Waals surface area (Å²) in [4.78, 5) is 13.4. The number of carbonyl (C=O) groups excluding carboxylic acids is 1. The van der Waals surface area contributed by atoms with Crippen molar-refractivity contribution in [3.8, 4) is 0 Å². The topological polar surface area (TPSA) is 29.5 Å². The molecule has 0 aromatic heterocycles. The lowest BCUT2D eigenvalue weighted by Gasteiger charge is -2.31. The molecule has 1 saturated heterocycles. The van der Waals surface area contributed by atoms with Crippen LogP contribution >= 0.6 is 0 Å². The molecule has 0 saturated carbocycles. The molecule has 1 aromatic carbocycles. The number of carbonyl (C=O) groups is 1. The summed E-state index contributed by atoms with van der Waals surface area (Å²) in [5, 5.41) is 0. The van der Waals surface area contributed by atoms with E-state index in [0.717, 1.165) is 6.42 Å². The van der Waals surface area contributed by atoms with Gasteiger partial charge in [0, 0.05) is 19.5 Å². The van der Waals surface area contributed by atoms with Crippen LogP contribution in [0.4, 0.5) is 0 Å². The van der Waals surface area contributed by atoms with Crippen molar-refractivity contribution >= 4 is 5.91 Å². The van der Waals surface area contributed by atoms with E-state index in [1.165, 1.54) is 5.56 Å². The SMILES string of the molecule is C=CCN1C[C@H](OCc2ccccc2)CCC1=O. The van der Waals surface area contributed by atoms with Crippen LogP contribution in [-0.4, -0.2) is 30.0 Å². The fourth-order valence-corrected chi connectivity index (χ4v) is 2.14. The first-order valence-corrected chi connectivity index (χ1v) is 6.34. The number of hydrogen-bond acceptors (Lipinski definition) is 2. The maximum atomic E-state index is 11.6. The van der Waals surface area contributed by atoms with Gasteiger partial charge in [0.25, 0.3) is 0 Å². The van der Waals surface area contributed by atoms with Crippen LogP contribution < -0.4 is 0 Å². The zero-order chi connectivity index (χ0) is 12.8. The molecule has 96 valence electrons. The molecule has 1 aromatic rings. The third-order valence-electron chi connectivity index (χ3n) is 3.13. The summed E-state index contributed by atoms with van der Waals surface area (Å²) in [6.07, 6.45) is 3.30. The minimum Gasteiger partial charge on any atom is -0.372 e. The van der Waals surface area contributed by atoms with Gasteiger partial charge >= 0.3 is 0 Å². The molecule has 0 unspecified atom stereocenters. The lowest BCUT2D eigenvalue weighted by atomic mass is 10.1. The Balaban J connectivity index is 1.83. The van der Waals surface area contributed by atoms with Gasteiger partial charge < -0.3 is 9.64 Å². The molecule has 1 aliphatic heterocycles. The number of ether oxygens (including phenoxy) is 1. The van der Waals surface area contributed by atoms with Crippen molar-refractivity contribution in [3.63, 3.8) is 0 Å². The van der Waals surface area contributed by atoms with Crippen LogP contribution in [0.15, 0.2) is 43.0 Å². The first-order chi connectivity index (χ1) is 8.79. The van der Waals surface area contributed by atoms with E-state index in [-0.39, 0.29) is 12.0 Å². The molecule has 0 bridgehead atoms. The first-order valence-electron chi connectivity index (χ1n) is 6.34. The van der Waals surface area contributed by atoms with E-state index in [1.807, 2.05) is 23.1 Å². The molecule has 2 rings (SSSR count). The summed E-state index contributed by atoms with van der Waals surface area (Å²) in [5.41, 5.74) is 1.17. The number of likely N-dealkylation sites (tertiary alicyclic amines) is 1. The predicted octanol–water partition coefficient (Wildman–Crippen LogP) is 2.38. The maximum Gasteiger partial charge on any atom is 0.223 e. The number of hydrogen-bond donors (Lipinski definition) is 0. The van der Waals surface area contributed by atoms with Gasteiger partial charge in [-0.1, -0.05) is 36.4 Å². The quantitative estimate of drug-likeness (QED) is 0.745. The van der Waals surface area contributed by atoms with Crippen LogP contribution in [0.2, 0.25) is 0 Å². The summed E-state index contributed by atoms with van der Waals surface area (Å²) in [6.45, 7) is 5.58. The van der Waals surface area contributed by atoms with Crippen LogP contribution in [-0.2, 0) is 16.1 Å². The number of amides is 1. The van der Waals surface area contributed by atoms with Crippen LogP contribution in [0.3, 0.4) is 0 Å². The normalized spacial score (nSPS) is 19.9. The smallest absolute Gasteiger partial charge is 0.223 e. The molecule has 0 aliphatic carbocycles. The second kappa shape index (κ2) is 6.36. The fraction of sp³-hybridized carbons (Fsp3) is 0.400. The van der Waals surface area contributed by atoms with Crippen molar-refractivity contribution in [1.29, 1.82) is 0 Å². The van der Waals surface area contributed by atoms with Gasteiger partial charge in [0.1, 0.15) is 0 Å². The number of rotatable bonds is 5. The molecular weight excluding hydrogens is 226 g/mol. The third-order valence-corrected chi connectivity index (χ3v) is 3.13. The first kappa shape index (κ1) is 12.8. The van der Waals surface area contributed by atoms with E-state index >= 15 is 0 Å². The highest BCUT2D eigenvalue weighted by Crippen LogP contribution is 2.16. The molecule has 3 nitrogen and oxygen atoms in total. The fourth-order valence-electron chi connectivity index (χ4n) is 2.14. The maximum absolute atomic E-state index is 11.6. The zero-order valence-electron chi connectivity index (χ0n) is 10.5. The molecule has 1 atom stereocenters. The van der Waals surface area contributed by atoms with E-state index in [9.17, 15) is 4.79 Å². The Morgan fingerprint density at radius 2 is 2.17 bits per heavy atom. The second-order valence-corrected chi connectivity index (χ2v) is 4.54. The highest BCUT2D eigenvalue weighted by molar-refractivity contribution is 5.77. The van der Waals surface area contributed by atoms with Crippen LogP contribution in [0, 0.1) is 0 Å². The number of benzene rings is 1. The molecule has 18 heavy (non-hydrogen) atoms. The molecule has 0 N–H and O–H groups in total. The van der Waals surface area contributed by atoms with Gasteiger partial charge in [-0.3, -0.25) is 4.79 Å². The summed E-state index contributed by atoms with van der Waals surface area (Å²) in [6, 6.07) is 10.1. The van der Waals surface area contributed by atoms with Crippen molar-refractivity contribution in [2.45, 2.75) is 25.6 Å². The minimum atomic E-state index is 0.142. The van der Waals surface area contributed by atoms with E-state index in [4.69, 9.17) is 4.74 Å². The lowest BCUT2D eigenvalue weighted by Crippen LogP contribution is -2.43. The van der Waals surface area contributed by atoms with Crippen LogP contribution in [0.5, 0.6) is 0 Å². The van der Waals surface area contributed by atoms with Gasteiger partial charge in [-0.05, 0) is 12.0 Å². The molecule has 1 heterocycles. The monoisotopic (exact) mass is 245 g/mol. The van der Waals surface area contributed by atoms with Gasteiger partial charge in [0.05, 0.1) is 12.7 Å². The van der Waals surface area contributed by atoms with E-state index in [0.29, 0.717) is 26.1 Å². The molecule has 1 fully saturated rings. The van der Waals surface area contributed by atoms with Gasteiger partial charge in [-0.2, -0.15) is 0 Å². The Morgan fingerprint density at radius 3 is 2.89 bits per heavy atom. The Labute approximate surface area is 108 Å². The van der Waals surface area contributed by atoms with Crippen molar-refractivity contribution in [1.82, 2.24) is 4.90 Å². The number of nitrogens with zero attached hydrogens (tertiary/aromatic N) is 1. The van der Waals surface area contributed by atoms with E-state index in [1.54, 1.807) is 6.08 Å². The number of piperidine rings is 1. The standard InChI is InChI=1S/C15H19NO2/c1-2-10-16-11-14(8-9-15(16)17)18-12-13-6-4-3-5-7-13/h2-7,14H,1,8-12H2/t14-/m1/s1. The summed E-state index contributed by atoms with van der Waals surface area (Å²) < 4.78 is 5.87. The van der Waals surface area contributed by atoms with Crippen molar-refractivity contribution in [3.05, 3.63) is 48.6 Å². The average molecular weight is 245 g/mol. The van der Waals surface area contributed by atoms with Crippen molar-refractivity contribution < 1.29 is 9.53 Å². The third kappa shape index (κ3) is 3.44. The minimum absolute atomic E-state index is 0.142. The molecule has 3 heteroatoms. The second-order valence-electron chi connectivity index (χ2n) is 4.54. The highest BCUT2D eigenvalue weighted by atomic mass is 16.5. The summed E-state index contributed by atoms with van der Waals surface area (Å²) >= 11 is 0. The Bertz CT molecular complexity index is 402. The molecular formula is C15H19NO2. The lowest BCUT2D eigenvalue weighted by molar-refractivity contribution is -0.138. The molecule has 0 spiro atoms. The van der Waals surface area contributed by atoms with Gasteiger partial charge in [0.15, 0.2) is 0 Å². The van der Waals surface area contributed by atoms with Gasteiger partial charge in [0.2, 0.25) is 5.91 Å². The predicted molar refractivity (Wildman–Crippen MR) is 71.0 cm³/mol. The average Bonchev–Trinajstić information content (AvgIpc) is 2.41. The van der Waals surface area contributed by atoms with Gasteiger partial charge in [-0.25, -0.2) is 0 Å². The molecule has 1 aliphatic rings. The Kier molecular flexibility index (Phi) is 4.53.